The van der Waals surface area contributed by atoms with Crippen LogP contribution in [0.5, 0.6) is 57.5 Å². The number of fused-ring (bicyclic) bond motifs is 2. The molecule has 0 bridgehead atoms. The number of ether oxygens (including phenoxy) is 2. The first-order chi connectivity index (χ1) is 19.9. The summed E-state index contributed by atoms with van der Waals surface area (Å²) in [4.78, 5) is 0. The molecule has 4 aromatic rings. The van der Waals surface area contributed by atoms with E-state index in [1.165, 1.54) is 30.3 Å². The Hall–Kier alpha value is -5.20. The lowest BCUT2D eigenvalue weighted by Gasteiger charge is -2.34. The standard InChI is InChI=1S/C30H26O12/c31-13-6-18(33)14-8-23(38)29(41-25(14)7-13)12-3-16(27(40)22(37)5-12)26-21(36)10-19(34)15-9-24(39)28(42-30(15)26)11-1-2-17(32)20(35)4-11/h1-7,10,23-24,28-29,31-40H,8-9H2/t23-,24-,28+,29+/m0/s1. The molecule has 0 spiro atoms. The fourth-order valence-corrected chi connectivity index (χ4v) is 5.53. The molecule has 0 fully saturated rings. The molecule has 0 saturated heterocycles. The molecule has 2 aliphatic heterocycles. The zero-order valence-corrected chi connectivity index (χ0v) is 21.6. The van der Waals surface area contributed by atoms with E-state index in [0.717, 1.165) is 18.2 Å². The lowest BCUT2D eigenvalue weighted by molar-refractivity contribution is 0.0195. The number of rotatable bonds is 3. The Labute approximate surface area is 237 Å². The fraction of sp³-hybridized carbons (Fsp3) is 0.200. The van der Waals surface area contributed by atoms with Crippen LogP contribution in [0, 0.1) is 0 Å². The zero-order chi connectivity index (χ0) is 30.0. The van der Waals surface area contributed by atoms with Crippen LogP contribution in [0.2, 0.25) is 0 Å². The second kappa shape index (κ2) is 9.72. The first kappa shape index (κ1) is 27.0. The first-order valence-corrected chi connectivity index (χ1v) is 12.8. The van der Waals surface area contributed by atoms with E-state index in [4.69, 9.17) is 9.47 Å². The van der Waals surface area contributed by atoms with Crippen LogP contribution in [0.15, 0.2) is 48.5 Å². The molecule has 6 rings (SSSR count). The van der Waals surface area contributed by atoms with Crippen LogP contribution in [0.4, 0.5) is 0 Å². The summed E-state index contributed by atoms with van der Waals surface area (Å²) in [6.07, 6.45) is -4.97. The Morgan fingerprint density at radius 3 is 1.90 bits per heavy atom. The van der Waals surface area contributed by atoms with Crippen LogP contribution in [-0.2, 0) is 12.8 Å². The number of hydrogen-bond acceptors (Lipinski definition) is 12. The van der Waals surface area contributed by atoms with Crippen molar-refractivity contribution in [2.45, 2.75) is 37.3 Å². The number of phenols is 8. The second-order valence-corrected chi connectivity index (χ2v) is 10.3. The van der Waals surface area contributed by atoms with Crippen molar-refractivity contribution >= 4 is 0 Å². The average molecular weight is 579 g/mol. The number of aliphatic hydroxyl groups is 2. The number of phenolic OH excluding ortho intramolecular Hbond substituents is 8. The van der Waals surface area contributed by atoms with Gasteiger partial charge in [0.25, 0.3) is 0 Å². The smallest absolute Gasteiger partial charge is 0.165 e. The summed E-state index contributed by atoms with van der Waals surface area (Å²) >= 11 is 0. The number of aliphatic hydroxyl groups excluding tert-OH is 2. The summed E-state index contributed by atoms with van der Waals surface area (Å²) in [6.45, 7) is 0. The number of aromatic hydroxyl groups is 8. The highest BCUT2D eigenvalue weighted by Crippen LogP contribution is 2.54. The van der Waals surface area contributed by atoms with E-state index in [9.17, 15) is 51.1 Å². The van der Waals surface area contributed by atoms with Crippen molar-refractivity contribution in [2.24, 2.45) is 0 Å². The van der Waals surface area contributed by atoms with Gasteiger partial charge in [-0.15, -0.1) is 0 Å². The minimum atomic E-state index is -1.23. The highest BCUT2D eigenvalue weighted by atomic mass is 16.5. The van der Waals surface area contributed by atoms with Crippen LogP contribution >= 0.6 is 0 Å². The molecule has 0 aromatic heterocycles. The maximum absolute atomic E-state index is 11.0. The van der Waals surface area contributed by atoms with Gasteiger partial charge in [0.05, 0.1) is 17.8 Å². The summed E-state index contributed by atoms with van der Waals surface area (Å²) < 4.78 is 11.9. The molecule has 0 amide bonds. The van der Waals surface area contributed by atoms with Gasteiger partial charge in [-0.1, -0.05) is 6.07 Å². The molecular weight excluding hydrogens is 552 g/mol. The minimum Gasteiger partial charge on any atom is -0.508 e. The molecule has 0 saturated carbocycles. The van der Waals surface area contributed by atoms with Crippen molar-refractivity contribution in [3.63, 3.8) is 0 Å². The topological polar surface area (TPSA) is 221 Å². The van der Waals surface area contributed by atoms with Gasteiger partial charge in [0.1, 0.15) is 46.7 Å². The van der Waals surface area contributed by atoms with E-state index < -0.39 is 58.9 Å². The van der Waals surface area contributed by atoms with E-state index >= 15 is 0 Å². The van der Waals surface area contributed by atoms with Crippen LogP contribution < -0.4 is 9.47 Å². The van der Waals surface area contributed by atoms with Crippen molar-refractivity contribution in [1.82, 2.24) is 0 Å². The third kappa shape index (κ3) is 4.33. The van der Waals surface area contributed by atoms with E-state index in [-0.39, 0.29) is 69.2 Å². The molecule has 0 radical (unpaired) electrons. The van der Waals surface area contributed by atoms with Crippen molar-refractivity contribution < 1.29 is 60.5 Å². The lowest BCUT2D eigenvalue weighted by atomic mass is 9.88. The van der Waals surface area contributed by atoms with Gasteiger partial charge in [-0.05, 0) is 35.4 Å². The summed E-state index contributed by atoms with van der Waals surface area (Å²) in [5.74, 6) is -3.69. The Morgan fingerprint density at radius 2 is 1.19 bits per heavy atom. The van der Waals surface area contributed by atoms with Gasteiger partial charge < -0.3 is 60.5 Å². The summed E-state index contributed by atoms with van der Waals surface area (Å²) in [7, 11) is 0. The quantitative estimate of drug-likeness (QED) is 0.159. The Bertz CT molecular complexity index is 1730. The van der Waals surface area contributed by atoms with Gasteiger partial charge >= 0.3 is 0 Å². The highest BCUT2D eigenvalue weighted by Gasteiger charge is 2.37. The Morgan fingerprint density at radius 1 is 0.548 bits per heavy atom. The van der Waals surface area contributed by atoms with E-state index in [1.54, 1.807) is 0 Å². The van der Waals surface area contributed by atoms with Gasteiger partial charge in [-0.2, -0.15) is 0 Å². The molecule has 0 unspecified atom stereocenters. The lowest BCUT2D eigenvalue weighted by Crippen LogP contribution is -2.31. The molecule has 218 valence electrons. The summed E-state index contributed by atoms with van der Waals surface area (Å²) in [5, 5.41) is 105. The van der Waals surface area contributed by atoms with Crippen LogP contribution in [0.3, 0.4) is 0 Å². The molecule has 2 heterocycles. The zero-order valence-electron chi connectivity index (χ0n) is 21.6. The van der Waals surface area contributed by atoms with Gasteiger partial charge in [0.15, 0.2) is 23.0 Å². The first-order valence-electron chi connectivity index (χ1n) is 12.8. The largest absolute Gasteiger partial charge is 0.508 e. The molecule has 12 nitrogen and oxygen atoms in total. The van der Waals surface area contributed by atoms with Crippen molar-refractivity contribution in [3.05, 3.63) is 70.8 Å². The molecule has 4 atom stereocenters. The molecule has 12 heteroatoms. The molecule has 10 N–H and O–H groups in total. The number of hydrogen-bond donors (Lipinski definition) is 10. The maximum atomic E-state index is 11.0. The monoisotopic (exact) mass is 578 g/mol. The van der Waals surface area contributed by atoms with Crippen LogP contribution in [-0.4, -0.2) is 63.3 Å². The van der Waals surface area contributed by atoms with E-state index in [1.807, 2.05) is 0 Å². The van der Waals surface area contributed by atoms with Crippen LogP contribution in [0.25, 0.3) is 11.1 Å². The van der Waals surface area contributed by atoms with Gasteiger partial charge in [0, 0.05) is 47.7 Å². The molecule has 4 aromatic carbocycles. The van der Waals surface area contributed by atoms with Crippen molar-refractivity contribution in [3.8, 4) is 68.6 Å². The highest BCUT2D eigenvalue weighted by molar-refractivity contribution is 5.85. The van der Waals surface area contributed by atoms with Crippen LogP contribution in [0.1, 0.15) is 34.5 Å². The molecule has 0 aliphatic carbocycles. The SMILES string of the molecule is Oc1cc(O)c2c(c1)O[C@H](c1cc(O)c(O)c(-c3c(O)cc(O)c4c3O[C@H](c3ccc(O)c(O)c3)[C@@H](O)C4)c1)[C@@H](O)C2. The predicted octanol–water partition coefficient (Wildman–Crippen LogP) is 3.07. The maximum Gasteiger partial charge on any atom is 0.165 e. The minimum absolute atomic E-state index is 0.0644. The van der Waals surface area contributed by atoms with Crippen molar-refractivity contribution in [1.29, 1.82) is 0 Å². The normalized spacial score (nSPS) is 21.1. The molecule has 42 heavy (non-hydrogen) atoms. The number of benzene rings is 4. The Balaban J connectivity index is 1.47. The summed E-state index contributed by atoms with van der Waals surface area (Å²) in [6, 6.07) is 9.66. The third-order valence-electron chi connectivity index (χ3n) is 7.57. The predicted molar refractivity (Wildman–Crippen MR) is 144 cm³/mol. The van der Waals surface area contributed by atoms with E-state index in [0.29, 0.717) is 0 Å². The van der Waals surface area contributed by atoms with Crippen molar-refractivity contribution in [2.75, 3.05) is 0 Å². The van der Waals surface area contributed by atoms with Gasteiger partial charge in [0.2, 0.25) is 0 Å². The van der Waals surface area contributed by atoms with Gasteiger partial charge in [-0.25, -0.2) is 0 Å². The Kier molecular flexibility index (Phi) is 6.24. The average Bonchev–Trinajstić information content (AvgIpc) is 2.92. The summed E-state index contributed by atoms with van der Waals surface area (Å²) in [5.41, 5.74) is 0.456. The van der Waals surface area contributed by atoms with E-state index in [2.05, 4.69) is 0 Å². The molecular formula is C30H26O12. The van der Waals surface area contributed by atoms with Gasteiger partial charge in [-0.3, -0.25) is 0 Å². The second-order valence-electron chi connectivity index (χ2n) is 10.3. The molecule has 2 aliphatic rings. The fourth-order valence-electron chi connectivity index (χ4n) is 5.53. The third-order valence-corrected chi connectivity index (χ3v) is 7.57.